The Labute approximate surface area is 186 Å². The van der Waals surface area contributed by atoms with Crippen molar-refractivity contribution in [3.8, 4) is 5.75 Å². The lowest BCUT2D eigenvalue weighted by Crippen LogP contribution is -2.43. The third kappa shape index (κ3) is 8.49. The molecule has 2 aromatic rings. The highest BCUT2D eigenvalue weighted by molar-refractivity contribution is 6.32. The SMILES string of the molecule is CC(C)Oc1ccc(NC(=NCc2ccc(Cl)cc2)NC(=O)NCCCO)cc1Cl. The van der Waals surface area contributed by atoms with Crippen molar-refractivity contribution in [3.05, 3.63) is 58.1 Å². The number of carbonyl (C=O) groups is 1. The van der Waals surface area contributed by atoms with Crippen LogP contribution < -0.4 is 20.7 Å². The standard InChI is InChI=1S/C21H26Cl2N4O3/c1-14(2)30-19-9-8-17(12-18(19)23)26-20(27-21(29)24-10-3-11-28)25-13-15-4-6-16(22)7-5-15/h4-9,12,14,28H,3,10-11,13H2,1-2H3,(H3,24,25,26,27,29). The van der Waals surface area contributed by atoms with Crippen molar-refractivity contribution in [1.82, 2.24) is 10.6 Å². The molecule has 0 unspecified atom stereocenters. The molecule has 30 heavy (non-hydrogen) atoms. The number of amides is 2. The van der Waals surface area contributed by atoms with E-state index < -0.39 is 6.03 Å². The van der Waals surface area contributed by atoms with Crippen LogP contribution in [0.1, 0.15) is 25.8 Å². The zero-order chi connectivity index (χ0) is 21.9. The Bertz CT molecular complexity index is 858. The average Bonchev–Trinajstić information content (AvgIpc) is 2.69. The highest BCUT2D eigenvalue weighted by Crippen LogP contribution is 2.28. The molecular weight excluding hydrogens is 427 g/mol. The molecule has 0 heterocycles. The fourth-order valence-electron chi connectivity index (χ4n) is 2.37. The Morgan fingerprint density at radius 3 is 2.53 bits per heavy atom. The number of nitrogens with one attached hydrogen (secondary N) is 3. The molecule has 0 saturated heterocycles. The van der Waals surface area contributed by atoms with E-state index in [1.54, 1.807) is 30.3 Å². The summed E-state index contributed by atoms with van der Waals surface area (Å²) in [6.45, 7) is 4.52. The lowest BCUT2D eigenvalue weighted by Gasteiger charge is -2.15. The van der Waals surface area contributed by atoms with Gasteiger partial charge in [0.1, 0.15) is 5.75 Å². The monoisotopic (exact) mass is 452 g/mol. The second kappa shape index (κ2) is 12.3. The van der Waals surface area contributed by atoms with Gasteiger partial charge >= 0.3 is 6.03 Å². The lowest BCUT2D eigenvalue weighted by molar-refractivity contribution is 0.242. The first-order chi connectivity index (χ1) is 14.4. The molecule has 0 aliphatic heterocycles. The topological polar surface area (TPSA) is 95.0 Å². The van der Waals surface area contributed by atoms with Crippen molar-refractivity contribution < 1.29 is 14.6 Å². The number of aliphatic hydroxyl groups excluding tert-OH is 1. The van der Waals surface area contributed by atoms with Crippen LogP contribution >= 0.6 is 23.2 Å². The van der Waals surface area contributed by atoms with E-state index in [4.69, 9.17) is 33.0 Å². The lowest BCUT2D eigenvalue weighted by atomic mass is 10.2. The van der Waals surface area contributed by atoms with E-state index >= 15 is 0 Å². The van der Waals surface area contributed by atoms with Crippen LogP contribution in [-0.2, 0) is 6.54 Å². The second-order valence-corrected chi connectivity index (χ2v) is 7.53. The molecule has 2 amide bonds. The Morgan fingerprint density at radius 1 is 1.17 bits per heavy atom. The predicted molar refractivity (Wildman–Crippen MR) is 122 cm³/mol. The van der Waals surface area contributed by atoms with Crippen molar-refractivity contribution in [2.45, 2.75) is 32.9 Å². The number of carbonyl (C=O) groups excluding carboxylic acids is 1. The van der Waals surface area contributed by atoms with Crippen molar-refractivity contribution >= 4 is 40.9 Å². The number of aliphatic hydroxyl groups is 1. The van der Waals surface area contributed by atoms with Crippen LogP contribution in [0.3, 0.4) is 0 Å². The van der Waals surface area contributed by atoms with Crippen LogP contribution in [0.2, 0.25) is 10.0 Å². The maximum absolute atomic E-state index is 12.1. The first-order valence-electron chi connectivity index (χ1n) is 9.55. The number of guanidine groups is 1. The zero-order valence-corrected chi connectivity index (χ0v) is 18.4. The normalized spacial score (nSPS) is 11.3. The summed E-state index contributed by atoms with van der Waals surface area (Å²) in [4.78, 5) is 16.6. The number of hydrogen-bond donors (Lipinski definition) is 4. The molecule has 0 aromatic heterocycles. The average molecular weight is 453 g/mol. The number of nitrogens with zero attached hydrogens (tertiary/aromatic N) is 1. The summed E-state index contributed by atoms with van der Waals surface area (Å²) in [5.41, 5.74) is 1.57. The molecule has 7 nitrogen and oxygen atoms in total. The van der Waals surface area contributed by atoms with Gasteiger partial charge in [-0.2, -0.15) is 0 Å². The molecule has 0 aliphatic rings. The Balaban J connectivity index is 2.13. The minimum absolute atomic E-state index is 0.000656. The largest absolute Gasteiger partial charge is 0.489 e. The molecule has 0 radical (unpaired) electrons. The molecule has 4 N–H and O–H groups in total. The summed E-state index contributed by atoms with van der Waals surface area (Å²) in [5, 5.41) is 18.3. The molecular formula is C21H26Cl2N4O3. The number of urea groups is 1. The number of hydrogen-bond acceptors (Lipinski definition) is 4. The van der Waals surface area contributed by atoms with E-state index in [1.807, 2.05) is 26.0 Å². The molecule has 2 rings (SSSR count). The second-order valence-electron chi connectivity index (χ2n) is 6.69. The van der Waals surface area contributed by atoms with Gasteiger partial charge in [0.25, 0.3) is 0 Å². The van der Waals surface area contributed by atoms with Gasteiger partial charge in [0.15, 0.2) is 0 Å². The van der Waals surface area contributed by atoms with Crippen LogP contribution in [0.25, 0.3) is 0 Å². The van der Waals surface area contributed by atoms with E-state index in [-0.39, 0.29) is 18.7 Å². The highest BCUT2D eigenvalue weighted by atomic mass is 35.5. The van der Waals surface area contributed by atoms with Crippen LogP contribution in [0.4, 0.5) is 10.5 Å². The smallest absolute Gasteiger partial charge is 0.321 e. The van der Waals surface area contributed by atoms with Crippen LogP contribution in [0, 0.1) is 0 Å². The van der Waals surface area contributed by atoms with E-state index in [2.05, 4.69) is 20.9 Å². The quantitative estimate of drug-likeness (QED) is 0.270. The molecule has 0 spiro atoms. The van der Waals surface area contributed by atoms with E-state index in [9.17, 15) is 4.79 Å². The summed E-state index contributed by atoms with van der Waals surface area (Å²) >= 11 is 12.2. The third-order valence-corrected chi connectivity index (χ3v) is 4.29. The van der Waals surface area contributed by atoms with E-state index in [0.717, 1.165) is 5.56 Å². The van der Waals surface area contributed by atoms with Crippen molar-refractivity contribution in [2.24, 2.45) is 4.99 Å². The fourth-order valence-corrected chi connectivity index (χ4v) is 2.72. The summed E-state index contributed by atoms with van der Waals surface area (Å²) in [6.07, 6.45) is 0.465. The van der Waals surface area contributed by atoms with Gasteiger partial charge in [0, 0.05) is 23.9 Å². The van der Waals surface area contributed by atoms with Gasteiger partial charge in [-0.1, -0.05) is 35.3 Å². The molecule has 2 aromatic carbocycles. The summed E-state index contributed by atoms with van der Waals surface area (Å²) < 4.78 is 5.64. The molecule has 0 fully saturated rings. The van der Waals surface area contributed by atoms with Gasteiger partial charge in [-0.25, -0.2) is 9.79 Å². The molecule has 162 valence electrons. The maximum atomic E-state index is 12.1. The molecule has 0 aliphatic carbocycles. The minimum atomic E-state index is -0.434. The van der Waals surface area contributed by atoms with Crippen molar-refractivity contribution in [1.29, 1.82) is 0 Å². The van der Waals surface area contributed by atoms with Crippen LogP contribution in [0.5, 0.6) is 5.75 Å². The summed E-state index contributed by atoms with van der Waals surface area (Å²) in [6, 6.07) is 12.1. The van der Waals surface area contributed by atoms with Crippen LogP contribution in [-0.4, -0.2) is 36.4 Å². The number of anilines is 1. The number of benzene rings is 2. The number of aliphatic imine (C=N–C) groups is 1. The summed E-state index contributed by atoms with van der Waals surface area (Å²) in [5.74, 6) is 0.826. The number of halogens is 2. The number of rotatable bonds is 8. The minimum Gasteiger partial charge on any atom is -0.489 e. The van der Waals surface area contributed by atoms with Gasteiger partial charge in [0.05, 0.1) is 17.7 Å². The van der Waals surface area contributed by atoms with Gasteiger partial charge in [-0.3, -0.25) is 5.32 Å². The third-order valence-electron chi connectivity index (χ3n) is 3.74. The van der Waals surface area contributed by atoms with E-state index in [0.29, 0.717) is 41.0 Å². The zero-order valence-electron chi connectivity index (χ0n) is 16.9. The molecule has 0 saturated carbocycles. The van der Waals surface area contributed by atoms with Crippen molar-refractivity contribution in [3.63, 3.8) is 0 Å². The first kappa shape index (κ1) is 23.8. The first-order valence-corrected chi connectivity index (χ1v) is 10.3. The van der Waals surface area contributed by atoms with Gasteiger partial charge < -0.3 is 20.5 Å². The van der Waals surface area contributed by atoms with Gasteiger partial charge in [-0.05, 0) is 56.2 Å². The fraction of sp³-hybridized carbons (Fsp3) is 0.333. The molecule has 9 heteroatoms. The summed E-state index contributed by atoms with van der Waals surface area (Å²) in [7, 11) is 0. The maximum Gasteiger partial charge on any atom is 0.321 e. The van der Waals surface area contributed by atoms with Gasteiger partial charge in [-0.15, -0.1) is 0 Å². The number of ether oxygens (including phenoxy) is 1. The van der Waals surface area contributed by atoms with Crippen LogP contribution in [0.15, 0.2) is 47.5 Å². The van der Waals surface area contributed by atoms with Crippen molar-refractivity contribution in [2.75, 3.05) is 18.5 Å². The Morgan fingerprint density at radius 2 is 1.90 bits per heavy atom. The van der Waals surface area contributed by atoms with Gasteiger partial charge in [0.2, 0.25) is 5.96 Å². The highest BCUT2D eigenvalue weighted by Gasteiger charge is 2.09. The van der Waals surface area contributed by atoms with E-state index in [1.165, 1.54) is 0 Å². The predicted octanol–water partition coefficient (Wildman–Crippen LogP) is 4.43. The Kier molecular flexibility index (Phi) is 9.73. The molecule has 0 bridgehead atoms. The molecule has 0 atom stereocenters. The Hall–Kier alpha value is -2.48.